The Hall–Kier alpha value is 0.120. The van der Waals surface area contributed by atoms with E-state index in [0.717, 1.165) is 6.16 Å². The molecule has 1 atom stereocenters. The Balaban J connectivity index is 2.46. The summed E-state index contributed by atoms with van der Waals surface area (Å²) in [4.78, 5) is 0. The van der Waals surface area contributed by atoms with Crippen molar-refractivity contribution in [3.05, 3.63) is 12.5 Å². The van der Waals surface area contributed by atoms with E-state index < -0.39 is 6.84 Å². The van der Waals surface area contributed by atoms with E-state index in [1.54, 1.807) is 12.5 Å². The Morgan fingerprint density at radius 1 is 1.88 bits per heavy atom. The van der Waals surface area contributed by atoms with Crippen LogP contribution in [0.3, 0.4) is 0 Å². The van der Waals surface area contributed by atoms with E-state index in [0.29, 0.717) is 0 Å². The van der Waals surface area contributed by atoms with Gasteiger partial charge in [-0.25, -0.2) is 5.09 Å². The van der Waals surface area contributed by atoms with Crippen LogP contribution in [0.15, 0.2) is 12.5 Å². The van der Waals surface area contributed by atoms with Gasteiger partial charge in [0.2, 0.25) is 0 Å². The fraction of sp³-hybridized carbons (Fsp3) is 0.500. The molecule has 0 aromatic heterocycles. The molecule has 46 valence electrons. The predicted octanol–water partition coefficient (Wildman–Crippen LogP) is 1.79. The molecule has 2 nitrogen and oxygen atoms in total. The van der Waals surface area contributed by atoms with Crippen LogP contribution in [0.25, 0.3) is 0 Å². The standard InChI is InChI=1S/C4H9NOPS/c1-2-7(8)5-3-4-6-7/h3-5,8H,2H2,1H3/q+1. The Morgan fingerprint density at radius 2 is 2.62 bits per heavy atom. The molecule has 0 radical (unpaired) electrons. The molecule has 4 heteroatoms. The van der Waals surface area contributed by atoms with Gasteiger partial charge < -0.3 is 4.52 Å². The van der Waals surface area contributed by atoms with Crippen LogP contribution in [0.4, 0.5) is 0 Å². The van der Waals surface area contributed by atoms with E-state index in [2.05, 4.69) is 24.3 Å². The van der Waals surface area contributed by atoms with Crippen molar-refractivity contribution >= 4 is 19.1 Å². The summed E-state index contributed by atoms with van der Waals surface area (Å²) < 4.78 is 5.17. The molecular weight excluding hydrogens is 141 g/mol. The molecule has 0 aliphatic carbocycles. The molecule has 0 amide bonds. The van der Waals surface area contributed by atoms with Crippen molar-refractivity contribution in [1.82, 2.24) is 5.09 Å². The maximum absolute atomic E-state index is 5.17. The average molecular weight is 150 g/mol. The highest BCUT2D eigenvalue weighted by molar-refractivity contribution is 8.50. The summed E-state index contributed by atoms with van der Waals surface area (Å²) in [7, 11) is 0. The molecule has 1 rings (SSSR count). The summed E-state index contributed by atoms with van der Waals surface area (Å²) >= 11 is 4.30. The third kappa shape index (κ3) is 1.09. The van der Waals surface area contributed by atoms with Gasteiger partial charge in [0.05, 0.1) is 18.4 Å². The lowest BCUT2D eigenvalue weighted by Crippen LogP contribution is -2.00. The fourth-order valence-electron chi connectivity index (χ4n) is 0.474. The second-order valence-electron chi connectivity index (χ2n) is 1.56. The molecule has 1 unspecified atom stereocenters. The summed E-state index contributed by atoms with van der Waals surface area (Å²) in [5.74, 6) is 0. The lowest BCUT2D eigenvalue weighted by atomic mass is 11.0. The minimum Gasteiger partial charge on any atom is -0.321 e. The van der Waals surface area contributed by atoms with Crippen molar-refractivity contribution in [2.45, 2.75) is 6.92 Å². The van der Waals surface area contributed by atoms with E-state index >= 15 is 0 Å². The Bertz CT molecular complexity index is 109. The quantitative estimate of drug-likeness (QED) is 0.439. The van der Waals surface area contributed by atoms with Crippen molar-refractivity contribution in [3.63, 3.8) is 0 Å². The largest absolute Gasteiger partial charge is 0.336 e. The van der Waals surface area contributed by atoms with Gasteiger partial charge in [0.25, 0.3) is 0 Å². The normalized spacial score (nSPS) is 34.2. The van der Waals surface area contributed by atoms with Crippen LogP contribution < -0.4 is 5.09 Å². The second-order valence-corrected chi connectivity index (χ2v) is 6.00. The zero-order chi connectivity index (χ0) is 6.04. The summed E-state index contributed by atoms with van der Waals surface area (Å²) in [5.41, 5.74) is 0. The average Bonchev–Trinajstić information content (AvgIpc) is 2.17. The number of nitrogens with one attached hydrogen (secondary N) is 1. The van der Waals surface area contributed by atoms with Crippen LogP contribution in [0, 0.1) is 0 Å². The summed E-state index contributed by atoms with van der Waals surface area (Å²) in [6.07, 6.45) is 4.41. The zero-order valence-corrected chi connectivity index (χ0v) is 6.45. The highest BCUT2D eigenvalue weighted by atomic mass is 32.7. The van der Waals surface area contributed by atoms with Crippen LogP contribution >= 0.6 is 19.1 Å². The molecule has 0 fully saturated rings. The predicted molar refractivity (Wildman–Crippen MR) is 39.8 cm³/mol. The van der Waals surface area contributed by atoms with Crippen LogP contribution in [-0.2, 0) is 4.52 Å². The van der Waals surface area contributed by atoms with Crippen LogP contribution in [0.5, 0.6) is 0 Å². The first kappa shape index (κ1) is 6.24. The zero-order valence-electron chi connectivity index (χ0n) is 4.66. The second kappa shape index (κ2) is 2.16. The number of rotatable bonds is 1. The number of hydrogen-bond donors (Lipinski definition) is 2. The molecular formula is C4H9NOPS+. The van der Waals surface area contributed by atoms with Gasteiger partial charge in [-0.05, 0) is 6.92 Å². The molecule has 0 aromatic rings. The van der Waals surface area contributed by atoms with Crippen LogP contribution in [0.2, 0.25) is 0 Å². The Kier molecular flexibility index (Phi) is 1.68. The van der Waals surface area contributed by atoms with E-state index in [9.17, 15) is 0 Å². The van der Waals surface area contributed by atoms with E-state index in [-0.39, 0.29) is 0 Å². The molecule has 0 saturated carbocycles. The number of hydrogen-bond acceptors (Lipinski definition) is 3. The van der Waals surface area contributed by atoms with Gasteiger partial charge >= 0.3 is 6.84 Å². The summed E-state index contributed by atoms with van der Waals surface area (Å²) in [6, 6.07) is 0. The molecule has 1 heterocycles. The lowest BCUT2D eigenvalue weighted by molar-refractivity contribution is 0.544. The Labute approximate surface area is 54.9 Å². The Morgan fingerprint density at radius 3 is 2.88 bits per heavy atom. The molecule has 0 bridgehead atoms. The van der Waals surface area contributed by atoms with Gasteiger partial charge in [0.15, 0.2) is 6.26 Å². The topological polar surface area (TPSA) is 21.3 Å². The molecule has 1 aliphatic heterocycles. The van der Waals surface area contributed by atoms with E-state index in [1.807, 2.05) is 0 Å². The SMILES string of the molecule is CC[P+]1(S)NC=CO1. The third-order valence-electron chi connectivity index (χ3n) is 1.01. The third-order valence-corrected chi connectivity index (χ3v) is 4.37. The van der Waals surface area contributed by atoms with E-state index in [1.165, 1.54) is 0 Å². The van der Waals surface area contributed by atoms with Gasteiger partial charge in [-0.1, -0.05) is 0 Å². The highest BCUT2D eigenvalue weighted by Gasteiger charge is 2.35. The molecule has 0 saturated heterocycles. The van der Waals surface area contributed by atoms with Crippen LogP contribution in [-0.4, -0.2) is 6.16 Å². The van der Waals surface area contributed by atoms with Crippen molar-refractivity contribution < 1.29 is 4.52 Å². The van der Waals surface area contributed by atoms with Gasteiger partial charge in [-0.2, -0.15) is 0 Å². The van der Waals surface area contributed by atoms with Gasteiger partial charge in [-0.3, -0.25) is 0 Å². The highest BCUT2D eigenvalue weighted by Crippen LogP contribution is 2.62. The van der Waals surface area contributed by atoms with Crippen molar-refractivity contribution in [1.29, 1.82) is 0 Å². The van der Waals surface area contributed by atoms with Crippen molar-refractivity contribution in [2.24, 2.45) is 0 Å². The smallest absolute Gasteiger partial charge is 0.321 e. The van der Waals surface area contributed by atoms with E-state index in [4.69, 9.17) is 4.52 Å². The first-order chi connectivity index (χ1) is 3.77. The first-order valence-corrected chi connectivity index (χ1v) is 5.53. The fourth-order valence-corrected chi connectivity index (χ4v) is 1.79. The van der Waals surface area contributed by atoms with Crippen LogP contribution in [0.1, 0.15) is 6.92 Å². The monoisotopic (exact) mass is 150 g/mol. The van der Waals surface area contributed by atoms with Crippen molar-refractivity contribution in [3.8, 4) is 0 Å². The number of thiol groups is 1. The summed E-state index contributed by atoms with van der Waals surface area (Å²) in [6.45, 7) is 0.589. The molecule has 0 spiro atoms. The van der Waals surface area contributed by atoms with Crippen molar-refractivity contribution in [2.75, 3.05) is 6.16 Å². The van der Waals surface area contributed by atoms with Gasteiger partial charge in [0.1, 0.15) is 6.16 Å². The summed E-state index contributed by atoms with van der Waals surface area (Å²) in [5, 5.41) is 3.06. The molecule has 1 aliphatic rings. The molecule has 8 heavy (non-hydrogen) atoms. The lowest BCUT2D eigenvalue weighted by Gasteiger charge is -2.08. The maximum Gasteiger partial charge on any atom is 0.336 e. The minimum absolute atomic E-state index is 0.961. The maximum atomic E-state index is 5.17. The molecule has 0 aromatic carbocycles. The minimum atomic E-state index is -1.47. The van der Waals surface area contributed by atoms with Gasteiger partial charge in [-0.15, -0.1) is 0 Å². The first-order valence-electron chi connectivity index (χ1n) is 2.49. The van der Waals surface area contributed by atoms with Gasteiger partial charge in [0, 0.05) is 0 Å². The molecule has 1 N–H and O–H groups in total.